The molecule has 132 valence electrons. The summed E-state index contributed by atoms with van der Waals surface area (Å²) in [6.07, 6.45) is 4.95. The largest absolute Gasteiger partial charge is 0.337 e. The summed E-state index contributed by atoms with van der Waals surface area (Å²) in [5, 5.41) is 4.16. The number of sulfonamides is 1. The average molecular weight is 360 g/mol. The molecule has 0 unspecified atom stereocenters. The average Bonchev–Trinajstić information content (AvgIpc) is 3.34. The first-order chi connectivity index (χ1) is 12.0. The molecule has 1 saturated heterocycles. The number of piperazine rings is 1. The molecule has 2 aliphatic rings. The molecule has 2 heterocycles. The Hall–Kier alpha value is -2.19. The van der Waals surface area contributed by atoms with E-state index in [2.05, 4.69) is 5.10 Å². The quantitative estimate of drug-likeness (QED) is 0.795. The third-order valence-electron chi connectivity index (χ3n) is 4.64. The molecule has 0 radical (unpaired) electrons. The predicted octanol–water partition coefficient (Wildman–Crippen LogP) is 0.927. The number of aromatic nitrogens is 2. The number of hydrogen-bond acceptors (Lipinski definition) is 4. The van der Waals surface area contributed by atoms with Crippen LogP contribution in [0.1, 0.15) is 18.4 Å². The van der Waals surface area contributed by atoms with Gasteiger partial charge in [-0.25, -0.2) is 8.42 Å². The van der Waals surface area contributed by atoms with E-state index in [0.29, 0.717) is 25.7 Å². The van der Waals surface area contributed by atoms with Gasteiger partial charge in [0.15, 0.2) is 0 Å². The fourth-order valence-electron chi connectivity index (χ4n) is 3.13. The van der Waals surface area contributed by atoms with E-state index in [0.717, 1.165) is 18.4 Å². The number of rotatable bonds is 5. The summed E-state index contributed by atoms with van der Waals surface area (Å²) in [5.74, 6) is -0.103. The van der Waals surface area contributed by atoms with Crippen LogP contribution in [0.2, 0.25) is 0 Å². The maximum Gasteiger partial charge on any atom is 0.246 e. The molecule has 4 rings (SSSR count). The highest BCUT2D eigenvalue weighted by Gasteiger charge is 2.39. The molecular weight excluding hydrogens is 340 g/mol. The lowest BCUT2D eigenvalue weighted by Gasteiger charge is -2.33. The van der Waals surface area contributed by atoms with Crippen LogP contribution in [-0.2, 0) is 21.4 Å². The van der Waals surface area contributed by atoms with E-state index in [-0.39, 0.29) is 17.3 Å². The third-order valence-corrected chi connectivity index (χ3v) is 6.44. The summed E-state index contributed by atoms with van der Waals surface area (Å²) in [5.41, 5.74) is 1.04. The summed E-state index contributed by atoms with van der Waals surface area (Å²) < 4.78 is 28.4. The number of benzene rings is 1. The lowest BCUT2D eigenvalue weighted by atomic mass is 10.2. The van der Waals surface area contributed by atoms with Crippen LogP contribution in [0.5, 0.6) is 0 Å². The lowest BCUT2D eigenvalue weighted by molar-refractivity contribution is -0.134. The molecule has 0 N–H and O–H groups in total. The standard InChI is InChI=1S/C17H20N4O3S/c22-17-13-20(8-9-21(17)15-6-7-15)25(23,24)16-10-18-19(12-16)11-14-4-2-1-3-5-14/h1-5,10,12,15H,6-9,11,13H2. The van der Waals surface area contributed by atoms with E-state index in [4.69, 9.17) is 0 Å². The molecule has 1 saturated carbocycles. The van der Waals surface area contributed by atoms with Crippen molar-refractivity contribution >= 4 is 15.9 Å². The van der Waals surface area contributed by atoms with Crippen LogP contribution in [0.4, 0.5) is 0 Å². The van der Waals surface area contributed by atoms with Crippen LogP contribution < -0.4 is 0 Å². The summed E-state index contributed by atoms with van der Waals surface area (Å²) in [7, 11) is -3.69. The van der Waals surface area contributed by atoms with Gasteiger partial charge in [-0.05, 0) is 18.4 Å². The number of carbonyl (C=O) groups excluding carboxylic acids is 1. The van der Waals surface area contributed by atoms with Crippen molar-refractivity contribution in [1.82, 2.24) is 19.0 Å². The zero-order valence-corrected chi connectivity index (χ0v) is 14.6. The van der Waals surface area contributed by atoms with E-state index in [9.17, 15) is 13.2 Å². The van der Waals surface area contributed by atoms with Crippen molar-refractivity contribution < 1.29 is 13.2 Å². The van der Waals surface area contributed by atoms with Crippen LogP contribution in [-0.4, -0.2) is 59.0 Å². The van der Waals surface area contributed by atoms with Gasteiger partial charge in [0.2, 0.25) is 15.9 Å². The van der Waals surface area contributed by atoms with Crippen LogP contribution in [0.25, 0.3) is 0 Å². The molecule has 25 heavy (non-hydrogen) atoms. The molecule has 2 fully saturated rings. The Morgan fingerprint density at radius 3 is 2.56 bits per heavy atom. The minimum Gasteiger partial charge on any atom is -0.337 e. The molecule has 8 heteroatoms. The van der Waals surface area contributed by atoms with Gasteiger partial charge >= 0.3 is 0 Å². The molecule has 0 bridgehead atoms. The van der Waals surface area contributed by atoms with E-state index < -0.39 is 10.0 Å². The fraction of sp³-hybridized carbons (Fsp3) is 0.412. The normalized spacial score (nSPS) is 19.4. The van der Waals surface area contributed by atoms with Crippen molar-refractivity contribution in [2.45, 2.75) is 30.3 Å². The number of nitrogens with zero attached hydrogens (tertiary/aromatic N) is 4. The minimum absolute atomic E-state index is 0.0807. The monoisotopic (exact) mass is 360 g/mol. The van der Waals surface area contributed by atoms with Crippen LogP contribution >= 0.6 is 0 Å². The van der Waals surface area contributed by atoms with Gasteiger partial charge in [-0.3, -0.25) is 9.48 Å². The molecule has 1 aromatic heterocycles. The molecule has 0 atom stereocenters. The van der Waals surface area contributed by atoms with Crippen molar-refractivity contribution in [2.24, 2.45) is 0 Å². The summed E-state index contributed by atoms with van der Waals surface area (Å²) >= 11 is 0. The predicted molar refractivity (Wildman–Crippen MR) is 91.3 cm³/mol. The second-order valence-electron chi connectivity index (χ2n) is 6.52. The van der Waals surface area contributed by atoms with Gasteiger partial charge in [0.1, 0.15) is 4.90 Å². The van der Waals surface area contributed by atoms with E-state index in [1.807, 2.05) is 35.2 Å². The molecule has 2 aromatic rings. The molecule has 0 spiro atoms. The Morgan fingerprint density at radius 1 is 1.12 bits per heavy atom. The van der Waals surface area contributed by atoms with Crippen molar-refractivity contribution in [3.05, 3.63) is 48.3 Å². The van der Waals surface area contributed by atoms with Gasteiger partial charge in [0.25, 0.3) is 0 Å². The number of carbonyl (C=O) groups is 1. The highest BCUT2D eigenvalue weighted by molar-refractivity contribution is 7.89. The molecule has 1 aromatic carbocycles. The Bertz CT molecular complexity index is 874. The van der Waals surface area contributed by atoms with Crippen LogP contribution in [0.15, 0.2) is 47.6 Å². The van der Waals surface area contributed by atoms with Crippen molar-refractivity contribution in [1.29, 1.82) is 0 Å². The van der Waals surface area contributed by atoms with E-state index in [1.54, 1.807) is 4.68 Å². The molecule has 1 aliphatic heterocycles. The Balaban J connectivity index is 1.48. The minimum atomic E-state index is -3.69. The first-order valence-corrected chi connectivity index (χ1v) is 9.84. The van der Waals surface area contributed by atoms with Crippen molar-refractivity contribution in [3.8, 4) is 0 Å². The first kappa shape index (κ1) is 16.3. The second-order valence-corrected chi connectivity index (χ2v) is 8.45. The van der Waals surface area contributed by atoms with Crippen molar-refractivity contribution in [3.63, 3.8) is 0 Å². The second kappa shape index (κ2) is 6.27. The Morgan fingerprint density at radius 2 is 1.88 bits per heavy atom. The maximum absolute atomic E-state index is 12.8. The topological polar surface area (TPSA) is 75.5 Å². The van der Waals surface area contributed by atoms with Gasteiger partial charge < -0.3 is 4.90 Å². The fourth-order valence-corrected chi connectivity index (χ4v) is 4.46. The smallest absolute Gasteiger partial charge is 0.246 e. The summed E-state index contributed by atoms with van der Waals surface area (Å²) in [6.45, 7) is 1.24. The third kappa shape index (κ3) is 3.32. The van der Waals surface area contributed by atoms with Crippen molar-refractivity contribution in [2.75, 3.05) is 19.6 Å². The summed E-state index contributed by atoms with van der Waals surface area (Å²) in [6, 6.07) is 10.0. The number of hydrogen-bond donors (Lipinski definition) is 0. The van der Waals surface area contributed by atoms with E-state index in [1.165, 1.54) is 16.7 Å². The first-order valence-electron chi connectivity index (χ1n) is 8.40. The van der Waals surface area contributed by atoms with Gasteiger partial charge in [-0.2, -0.15) is 9.40 Å². The van der Waals surface area contributed by atoms with Crippen LogP contribution in [0.3, 0.4) is 0 Å². The highest BCUT2D eigenvalue weighted by atomic mass is 32.2. The van der Waals surface area contributed by atoms with Gasteiger partial charge in [0, 0.05) is 25.3 Å². The summed E-state index contributed by atoms with van der Waals surface area (Å²) in [4.78, 5) is 14.2. The number of amides is 1. The van der Waals surface area contributed by atoms with Gasteiger partial charge in [-0.1, -0.05) is 30.3 Å². The zero-order valence-electron chi connectivity index (χ0n) is 13.8. The molecule has 1 aliphatic carbocycles. The Labute approximate surface area is 146 Å². The van der Waals surface area contributed by atoms with Gasteiger partial charge in [0.05, 0.1) is 19.3 Å². The van der Waals surface area contributed by atoms with Crippen LogP contribution in [0, 0.1) is 0 Å². The van der Waals surface area contributed by atoms with E-state index >= 15 is 0 Å². The maximum atomic E-state index is 12.8. The molecular formula is C17H20N4O3S. The zero-order chi connectivity index (χ0) is 17.4. The van der Waals surface area contributed by atoms with Gasteiger partial charge in [-0.15, -0.1) is 0 Å². The highest BCUT2D eigenvalue weighted by Crippen LogP contribution is 2.29. The lowest BCUT2D eigenvalue weighted by Crippen LogP contribution is -2.52. The molecule has 1 amide bonds. The Kier molecular flexibility index (Phi) is 4.09. The SMILES string of the molecule is O=C1CN(S(=O)(=O)c2cnn(Cc3ccccc3)c2)CCN1C1CC1. The molecule has 7 nitrogen and oxygen atoms in total.